The number of nitrogens with two attached hydrogens (primary N) is 1. The molecule has 9 heteroatoms. The summed E-state index contributed by atoms with van der Waals surface area (Å²) in [7, 11) is 0. The fourth-order valence-corrected chi connectivity index (χ4v) is 3.07. The summed E-state index contributed by atoms with van der Waals surface area (Å²) in [5.74, 6) is -2.72. The maximum atomic E-state index is 12.0. The van der Waals surface area contributed by atoms with Crippen LogP contribution in [-0.4, -0.2) is 41.6 Å². The highest BCUT2D eigenvalue weighted by molar-refractivity contribution is 5.86. The van der Waals surface area contributed by atoms with Crippen molar-refractivity contribution in [1.29, 1.82) is 0 Å². The summed E-state index contributed by atoms with van der Waals surface area (Å²) in [4.78, 5) is 34.1. The highest BCUT2D eigenvalue weighted by Gasteiger charge is 2.70. The van der Waals surface area contributed by atoms with Crippen molar-refractivity contribution in [3.05, 3.63) is 0 Å². The summed E-state index contributed by atoms with van der Waals surface area (Å²) in [6.45, 7) is 2.71. The number of carboxylic acid groups (broad SMARTS) is 1. The van der Waals surface area contributed by atoms with E-state index in [1.807, 2.05) is 0 Å². The standard InChI is InChI=1S/C13H19NO7.ClH/c1-6(2)21-12(18)20-5-19-11(17)13(14)4-3-7-8(9(7)13)10(15)16;/h6-9H,3-5,14H2,1-2H3,(H,15,16);1H/t7-,8-,9-,13-;/m0./s1. The van der Waals surface area contributed by atoms with E-state index >= 15 is 0 Å². The Hall–Kier alpha value is -1.54. The predicted octanol–water partition coefficient (Wildman–Crippen LogP) is 0.909. The number of carbonyl (C=O) groups is 3. The van der Waals surface area contributed by atoms with Crippen molar-refractivity contribution in [3.63, 3.8) is 0 Å². The average molecular weight is 338 g/mol. The number of carboxylic acids is 1. The van der Waals surface area contributed by atoms with Gasteiger partial charge in [0.05, 0.1) is 12.0 Å². The molecule has 8 nitrogen and oxygen atoms in total. The van der Waals surface area contributed by atoms with Gasteiger partial charge < -0.3 is 25.1 Å². The molecule has 0 aromatic carbocycles. The second-order valence-electron chi connectivity index (χ2n) is 5.74. The third-order valence-corrected chi connectivity index (χ3v) is 4.02. The lowest BCUT2D eigenvalue weighted by atomic mass is 9.92. The minimum absolute atomic E-state index is 0. The topological polar surface area (TPSA) is 125 Å². The van der Waals surface area contributed by atoms with Gasteiger partial charge in [-0.3, -0.25) is 4.79 Å². The van der Waals surface area contributed by atoms with E-state index < -0.39 is 42.3 Å². The normalized spacial score (nSPS) is 31.7. The molecule has 2 fully saturated rings. The molecule has 0 aromatic rings. The van der Waals surface area contributed by atoms with E-state index in [1.54, 1.807) is 13.8 Å². The molecule has 2 saturated carbocycles. The molecule has 0 saturated heterocycles. The van der Waals surface area contributed by atoms with E-state index in [-0.39, 0.29) is 24.4 Å². The first-order chi connectivity index (χ1) is 9.77. The number of ether oxygens (including phenoxy) is 3. The molecule has 0 heterocycles. The van der Waals surface area contributed by atoms with Crippen LogP contribution in [0.2, 0.25) is 0 Å². The largest absolute Gasteiger partial charge is 0.511 e. The van der Waals surface area contributed by atoms with Crippen molar-refractivity contribution < 1.29 is 33.7 Å². The van der Waals surface area contributed by atoms with Crippen molar-refractivity contribution in [2.24, 2.45) is 23.5 Å². The fraction of sp³-hybridized carbons (Fsp3) is 0.769. The van der Waals surface area contributed by atoms with Gasteiger partial charge in [0.25, 0.3) is 0 Å². The molecule has 0 radical (unpaired) electrons. The van der Waals surface area contributed by atoms with Crippen LogP contribution in [0, 0.1) is 17.8 Å². The van der Waals surface area contributed by atoms with E-state index in [4.69, 9.17) is 20.3 Å². The second kappa shape index (κ2) is 6.70. The average Bonchev–Trinajstić information content (AvgIpc) is 3.01. The van der Waals surface area contributed by atoms with Gasteiger partial charge in [0, 0.05) is 5.92 Å². The minimum Gasteiger partial charge on any atom is -0.481 e. The molecule has 0 spiro atoms. The van der Waals surface area contributed by atoms with E-state index in [9.17, 15) is 14.4 Å². The van der Waals surface area contributed by atoms with E-state index in [0.717, 1.165) is 0 Å². The molecule has 126 valence electrons. The molecular formula is C13H20ClNO7. The van der Waals surface area contributed by atoms with E-state index in [0.29, 0.717) is 12.8 Å². The molecule has 0 aromatic heterocycles. The van der Waals surface area contributed by atoms with Crippen molar-refractivity contribution in [1.82, 2.24) is 0 Å². The minimum atomic E-state index is -1.31. The summed E-state index contributed by atoms with van der Waals surface area (Å²) in [6.07, 6.45) is -0.319. The van der Waals surface area contributed by atoms with Crippen LogP contribution in [0.25, 0.3) is 0 Å². The number of carbonyl (C=O) groups excluding carboxylic acids is 2. The maximum Gasteiger partial charge on any atom is 0.511 e. The first-order valence-electron chi connectivity index (χ1n) is 6.79. The third-order valence-electron chi connectivity index (χ3n) is 4.02. The Bertz CT molecular complexity index is 469. The maximum absolute atomic E-state index is 12.0. The van der Waals surface area contributed by atoms with Crippen molar-refractivity contribution in [2.75, 3.05) is 6.79 Å². The highest BCUT2D eigenvalue weighted by atomic mass is 35.5. The van der Waals surface area contributed by atoms with E-state index in [2.05, 4.69) is 4.74 Å². The zero-order chi connectivity index (χ0) is 15.8. The number of rotatable bonds is 5. The van der Waals surface area contributed by atoms with Crippen molar-refractivity contribution in [3.8, 4) is 0 Å². The van der Waals surface area contributed by atoms with Crippen molar-refractivity contribution in [2.45, 2.75) is 38.3 Å². The molecule has 0 amide bonds. The SMILES string of the molecule is CC(C)OC(=O)OCOC(=O)[C@]1(N)CC[C@H]2[C@H](C(=O)O)[C@H]21.Cl. The fourth-order valence-electron chi connectivity index (χ4n) is 3.07. The number of fused-ring (bicyclic) bond motifs is 1. The molecule has 2 aliphatic rings. The van der Waals surface area contributed by atoms with Crippen LogP contribution < -0.4 is 5.73 Å². The van der Waals surface area contributed by atoms with Crippen LogP contribution in [0.4, 0.5) is 4.79 Å². The van der Waals surface area contributed by atoms with Crippen LogP contribution in [0.15, 0.2) is 0 Å². The van der Waals surface area contributed by atoms with Crippen molar-refractivity contribution >= 4 is 30.5 Å². The van der Waals surface area contributed by atoms with Gasteiger partial charge in [-0.05, 0) is 32.6 Å². The number of hydrogen-bond acceptors (Lipinski definition) is 7. The molecule has 22 heavy (non-hydrogen) atoms. The molecule has 0 unspecified atom stereocenters. The first kappa shape index (κ1) is 18.5. The summed E-state index contributed by atoms with van der Waals surface area (Å²) >= 11 is 0. The zero-order valence-corrected chi connectivity index (χ0v) is 13.1. The zero-order valence-electron chi connectivity index (χ0n) is 12.3. The van der Waals surface area contributed by atoms with Crippen LogP contribution in [0.5, 0.6) is 0 Å². The van der Waals surface area contributed by atoms with Gasteiger partial charge in [-0.2, -0.15) is 0 Å². The van der Waals surface area contributed by atoms with Gasteiger partial charge >= 0.3 is 18.1 Å². The number of halogens is 1. The van der Waals surface area contributed by atoms with Crippen LogP contribution in [0.1, 0.15) is 26.7 Å². The lowest BCUT2D eigenvalue weighted by Gasteiger charge is -2.24. The Morgan fingerprint density at radius 3 is 2.45 bits per heavy atom. The molecule has 3 N–H and O–H groups in total. The summed E-state index contributed by atoms with van der Waals surface area (Å²) in [5.41, 5.74) is 4.70. The summed E-state index contributed by atoms with van der Waals surface area (Å²) < 4.78 is 14.1. The van der Waals surface area contributed by atoms with Crippen LogP contribution >= 0.6 is 12.4 Å². The summed E-state index contributed by atoms with van der Waals surface area (Å²) in [5, 5.41) is 9.01. The molecule has 0 aliphatic heterocycles. The molecule has 4 atom stereocenters. The Morgan fingerprint density at radius 2 is 1.95 bits per heavy atom. The molecule has 2 aliphatic carbocycles. The van der Waals surface area contributed by atoms with Gasteiger partial charge in [0.1, 0.15) is 5.54 Å². The Balaban J connectivity index is 0.00000242. The van der Waals surface area contributed by atoms with Gasteiger partial charge in [-0.1, -0.05) is 0 Å². The molecule has 2 rings (SSSR count). The van der Waals surface area contributed by atoms with Crippen LogP contribution in [0.3, 0.4) is 0 Å². The quantitative estimate of drug-likeness (QED) is 0.560. The number of aliphatic carboxylic acids is 1. The third kappa shape index (κ3) is 3.44. The predicted molar refractivity (Wildman–Crippen MR) is 75.2 cm³/mol. The smallest absolute Gasteiger partial charge is 0.481 e. The number of esters is 1. The van der Waals surface area contributed by atoms with Gasteiger partial charge in [0.15, 0.2) is 0 Å². The Kier molecular flexibility index (Phi) is 5.64. The molecule has 0 bridgehead atoms. The molecular weight excluding hydrogens is 318 g/mol. The summed E-state index contributed by atoms with van der Waals surface area (Å²) in [6, 6.07) is 0. The number of hydrogen-bond donors (Lipinski definition) is 2. The van der Waals surface area contributed by atoms with Gasteiger partial charge in [0.2, 0.25) is 6.79 Å². The highest BCUT2D eigenvalue weighted by Crippen LogP contribution is 2.61. The Labute approximate surface area is 133 Å². The van der Waals surface area contributed by atoms with E-state index in [1.165, 1.54) is 0 Å². The second-order valence-corrected chi connectivity index (χ2v) is 5.74. The lowest BCUT2D eigenvalue weighted by molar-refractivity contribution is -0.161. The van der Waals surface area contributed by atoms with Crippen LogP contribution in [-0.2, 0) is 23.8 Å². The Morgan fingerprint density at radius 1 is 1.32 bits per heavy atom. The van der Waals surface area contributed by atoms with Gasteiger partial charge in [-0.25, -0.2) is 9.59 Å². The first-order valence-corrected chi connectivity index (χ1v) is 6.79. The lowest BCUT2D eigenvalue weighted by Crippen LogP contribution is -2.50. The monoisotopic (exact) mass is 337 g/mol. The van der Waals surface area contributed by atoms with Gasteiger partial charge in [-0.15, -0.1) is 12.4 Å².